The molecule has 2 bridgehead atoms. The first kappa shape index (κ1) is 17.6. The first-order valence-electron chi connectivity index (χ1n) is 9.26. The average molecular weight is 362 g/mol. The fourth-order valence-corrected chi connectivity index (χ4v) is 5.73. The fraction of sp³-hybridized carbons (Fsp3) is 0.650. The van der Waals surface area contributed by atoms with Crippen molar-refractivity contribution in [3.8, 4) is 11.5 Å². The highest BCUT2D eigenvalue weighted by Crippen LogP contribution is 2.66. The van der Waals surface area contributed by atoms with Gasteiger partial charge in [-0.05, 0) is 29.9 Å². The number of fused-ring (bicyclic) bond motifs is 1. The van der Waals surface area contributed by atoms with E-state index in [1.165, 1.54) is 0 Å². The lowest BCUT2D eigenvalue weighted by molar-refractivity contribution is -0.148. The SMILES string of the molecule is C[C@H](CO)c1cc2c(c(O)c1O)[C@@]13CCCC(C)(C)[C@H]1[C@@H](OC3=O)[C@@H]2O. The molecule has 2 aliphatic carbocycles. The molecular formula is C20H26O6. The number of aromatic hydroxyl groups is 2. The molecule has 1 heterocycles. The summed E-state index contributed by atoms with van der Waals surface area (Å²) in [5.41, 5.74) is -0.177. The van der Waals surface area contributed by atoms with Gasteiger partial charge in [0, 0.05) is 29.6 Å². The third-order valence-corrected chi connectivity index (χ3v) is 6.92. The van der Waals surface area contributed by atoms with Crippen LogP contribution < -0.4 is 0 Å². The zero-order valence-electron chi connectivity index (χ0n) is 15.3. The smallest absolute Gasteiger partial charge is 0.317 e. The molecule has 1 aromatic carbocycles. The molecule has 2 fully saturated rings. The number of aliphatic hydroxyl groups is 2. The maximum Gasteiger partial charge on any atom is 0.317 e. The molecule has 1 saturated carbocycles. The van der Waals surface area contributed by atoms with E-state index < -0.39 is 29.5 Å². The molecule has 1 saturated heterocycles. The molecule has 3 aliphatic rings. The number of aliphatic hydroxyl groups excluding tert-OH is 2. The van der Waals surface area contributed by atoms with E-state index in [9.17, 15) is 25.2 Å². The van der Waals surface area contributed by atoms with Gasteiger partial charge in [-0.1, -0.05) is 27.2 Å². The van der Waals surface area contributed by atoms with Crippen LogP contribution in [0.15, 0.2) is 6.07 Å². The van der Waals surface area contributed by atoms with Gasteiger partial charge in [-0.2, -0.15) is 0 Å². The Bertz CT molecular complexity index is 785. The summed E-state index contributed by atoms with van der Waals surface area (Å²) in [6.07, 6.45) is 0.504. The lowest BCUT2D eigenvalue weighted by atomic mass is 9.49. The molecule has 4 rings (SSSR count). The largest absolute Gasteiger partial charge is 0.504 e. The Morgan fingerprint density at radius 2 is 1.96 bits per heavy atom. The summed E-state index contributed by atoms with van der Waals surface area (Å²) in [6, 6.07) is 1.62. The number of rotatable bonds is 2. The van der Waals surface area contributed by atoms with Crippen molar-refractivity contribution in [2.75, 3.05) is 6.61 Å². The molecule has 6 heteroatoms. The van der Waals surface area contributed by atoms with E-state index in [0.29, 0.717) is 23.1 Å². The minimum Gasteiger partial charge on any atom is -0.504 e. The van der Waals surface area contributed by atoms with Crippen molar-refractivity contribution in [1.82, 2.24) is 0 Å². The summed E-state index contributed by atoms with van der Waals surface area (Å²) in [5.74, 6) is -1.78. The first-order valence-corrected chi connectivity index (χ1v) is 9.26. The molecule has 1 aromatic rings. The van der Waals surface area contributed by atoms with E-state index in [4.69, 9.17) is 4.74 Å². The van der Waals surface area contributed by atoms with E-state index in [-0.39, 0.29) is 29.4 Å². The standard InChI is InChI=1S/C20H26O6/c1-9(8-21)10-7-11-12(15(24)13(10)22)20-6-4-5-19(2,3)17(20)16(14(11)23)26-18(20)25/h7,9,14,16-17,21-24H,4-6,8H2,1-3H3/t9-,14-,16+,17-,20+/m1/s1. The average Bonchev–Trinajstić information content (AvgIpc) is 2.86. The lowest BCUT2D eigenvalue weighted by Crippen LogP contribution is -2.54. The summed E-state index contributed by atoms with van der Waals surface area (Å²) in [6.45, 7) is 5.65. The van der Waals surface area contributed by atoms with Crippen molar-refractivity contribution in [3.63, 3.8) is 0 Å². The van der Waals surface area contributed by atoms with Gasteiger partial charge in [0.05, 0.1) is 0 Å². The Kier molecular flexibility index (Phi) is 3.63. The Hall–Kier alpha value is -1.79. The first-order chi connectivity index (χ1) is 12.2. The highest BCUT2D eigenvalue weighted by molar-refractivity contribution is 5.90. The summed E-state index contributed by atoms with van der Waals surface area (Å²) >= 11 is 0. The van der Waals surface area contributed by atoms with Gasteiger partial charge in [0.15, 0.2) is 11.5 Å². The minimum absolute atomic E-state index is 0.207. The fourth-order valence-electron chi connectivity index (χ4n) is 5.73. The van der Waals surface area contributed by atoms with Crippen LogP contribution in [0.5, 0.6) is 11.5 Å². The highest BCUT2D eigenvalue weighted by Gasteiger charge is 2.70. The van der Waals surface area contributed by atoms with Crippen LogP contribution in [0.4, 0.5) is 0 Å². The molecule has 1 aliphatic heterocycles. The van der Waals surface area contributed by atoms with Crippen LogP contribution in [0.3, 0.4) is 0 Å². The van der Waals surface area contributed by atoms with E-state index in [2.05, 4.69) is 13.8 Å². The number of carbonyl (C=O) groups is 1. The van der Waals surface area contributed by atoms with E-state index in [0.717, 1.165) is 12.8 Å². The molecule has 0 spiro atoms. The number of esters is 1. The number of phenolic OH excluding ortho intramolecular Hbond substituents is 2. The highest BCUT2D eigenvalue weighted by atomic mass is 16.6. The maximum absolute atomic E-state index is 13.0. The van der Waals surface area contributed by atoms with E-state index in [1.807, 2.05) is 0 Å². The van der Waals surface area contributed by atoms with Crippen LogP contribution in [0.2, 0.25) is 0 Å². The molecule has 0 unspecified atom stereocenters. The van der Waals surface area contributed by atoms with Crippen LogP contribution >= 0.6 is 0 Å². The second-order valence-electron chi connectivity index (χ2n) is 8.82. The van der Waals surface area contributed by atoms with Gasteiger partial charge in [0.2, 0.25) is 0 Å². The predicted octanol–water partition coefficient (Wildman–Crippen LogP) is 2.23. The van der Waals surface area contributed by atoms with Crippen LogP contribution in [-0.4, -0.2) is 39.1 Å². The topological polar surface area (TPSA) is 107 Å². The van der Waals surface area contributed by atoms with Gasteiger partial charge in [0.1, 0.15) is 17.6 Å². The van der Waals surface area contributed by atoms with Crippen molar-refractivity contribution in [1.29, 1.82) is 0 Å². The summed E-state index contributed by atoms with van der Waals surface area (Å²) in [7, 11) is 0. The Balaban J connectivity index is 2.03. The molecule has 4 N–H and O–H groups in total. The molecule has 0 amide bonds. The van der Waals surface area contributed by atoms with E-state index >= 15 is 0 Å². The van der Waals surface area contributed by atoms with Crippen molar-refractivity contribution in [3.05, 3.63) is 22.8 Å². The molecule has 6 nitrogen and oxygen atoms in total. The monoisotopic (exact) mass is 362 g/mol. The third kappa shape index (κ3) is 1.92. The van der Waals surface area contributed by atoms with Crippen LogP contribution in [0, 0.1) is 11.3 Å². The summed E-state index contributed by atoms with van der Waals surface area (Å²) in [4.78, 5) is 13.0. The van der Waals surface area contributed by atoms with Crippen molar-refractivity contribution < 1.29 is 30.0 Å². The zero-order chi connectivity index (χ0) is 19.0. The van der Waals surface area contributed by atoms with Gasteiger partial charge in [-0.15, -0.1) is 0 Å². The zero-order valence-corrected chi connectivity index (χ0v) is 15.3. The third-order valence-electron chi connectivity index (χ3n) is 6.92. The molecule has 5 atom stereocenters. The van der Waals surface area contributed by atoms with Crippen LogP contribution in [-0.2, 0) is 14.9 Å². The number of ether oxygens (including phenoxy) is 1. The number of carbonyl (C=O) groups excluding carboxylic acids is 1. The normalized spacial score (nSPS) is 35.4. The van der Waals surface area contributed by atoms with Crippen molar-refractivity contribution in [2.45, 2.75) is 63.6 Å². The van der Waals surface area contributed by atoms with Gasteiger partial charge in [0.25, 0.3) is 0 Å². The quantitative estimate of drug-likeness (QED) is 0.475. The van der Waals surface area contributed by atoms with Crippen LogP contribution in [0.1, 0.15) is 68.7 Å². The molecule has 0 aromatic heterocycles. The summed E-state index contributed by atoms with van der Waals surface area (Å²) in [5, 5.41) is 41.9. The Morgan fingerprint density at radius 1 is 1.27 bits per heavy atom. The van der Waals surface area contributed by atoms with Gasteiger partial charge in [-0.3, -0.25) is 4.79 Å². The molecular weight excluding hydrogens is 336 g/mol. The molecule has 142 valence electrons. The Morgan fingerprint density at radius 3 is 2.62 bits per heavy atom. The number of benzene rings is 1. The second kappa shape index (κ2) is 5.36. The molecule has 0 radical (unpaired) electrons. The van der Waals surface area contributed by atoms with Crippen molar-refractivity contribution >= 4 is 5.97 Å². The van der Waals surface area contributed by atoms with Gasteiger partial charge in [-0.25, -0.2) is 0 Å². The minimum atomic E-state index is -1.07. The lowest BCUT2D eigenvalue weighted by Gasteiger charge is -2.51. The van der Waals surface area contributed by atoms with Gasteiger partial charge < -0.3 is 25.2 Å². The number of hydrogen-bond acceptors (Lipinski definition) is 6. The summed E-state index contributed by atoms with van der Waals surface area (Å²) < 4.78 is 5.64. The second-order valence-corrected chi connectivity index (χ2v) is 8.82. The molecule has 26 heavy (non-hydrogen) atoms. The maximum atomic E-state index is 13.0. The van der Waals surface area contributed by atoms with Crippen LogP contribution in [0.25, 0.3) is 0 Å². The van der Waals surface area contributed by atoms with Crippen molar-refractivity contribution in [2.24, 2.45) is 11.3 Å². The number of hydrogen-bond donors (Lipinski definition) is 4. The van der Waals surface area contributed by atoms with Gasteiger partial charge >= 0.3 is 5.97 Å². The Labute approximate surface area is 152 Å². The van der Waals surface area contributed by atoms with E-state index in [1.54, 1.807) is 13.0 Å². The number of phenols is 2. The predicted molar refractivity (Wildman–Crippen MR) is 92.9 cm³/mol.